The van der Waals surface area contributed by atoms with Crippen LogP contribution in [0.25, 0.3) is 0 Å². The molecule has 0 atom stereocenters. The van der Waals surface area contributed by atoms with Crippen LogP contribution in [0.1, 0.15) is 112 Å². The fourth-order valence-corrected chi connectivity index (χ4v) is 3.40. The van der Waals surface area contributed by atoms with Gasteiger partial charge in [0.2, 0.25) is 0 Å². The number of rotatable bonds is 6. The van der Waals surface area contributed by atoms with Gasteiger partial charge in [0.25, 0.3) is 0 Å². The van der Waals surface area contributed by atoms with E-state index in [1.54, 1.807) is 0 Å². The van der Waals surface area contributed by atoms with E-state index in [0.717, 1.165) is 17.4 Å². The number of hydrogen-bond acceptors (Lipinski definition) is 2. The standard InChI is InChI=1S/C13H21N.C13H18O/c1-9(2)11-7-6-8-12(10(3)4)13(11)14-5;1-9(2)11-5-6-12(8-14)13(7-11)10(3)4/h6-10,14H,1-5H3;5-10H,1-4H3. The van der Waals surface area contributed by atoms with Gasteiger partial charge >= 0.3 is 0 Å². The summed E-state index contributed by atoms with van der Waals surface area (Å²) in [7, 11) is 2.01. The molecule has 0 fully saturated rings. The summed E-state index contributed by atoms with van der Waals surface area (Å²) in [5.41, 5.74) is 7.44. The molecule has 154 valence electrons. The monoisotopic (exact) mass is 381 g/mol. The molecule has 2 aromatic rings. The molecule has 2 rings (SSSR count). The van der Waals surface area contributed by atoms with Gasteiger partial charge < -0.3 is 5.32 Å². The molecule has 0 bridgehead atoms. The van der Waals surface area contributed by atoms with Gasteiger partial charge in [-0.05, 0) is 45.9 Å². The van der Waals surface area contributed by atoms with Gasteiger partial charge in [-0.15, -0.1) is 0 Å². The van der Waals surface area contributed by atoms with Crippen LogP contribution in [0.5, 0.6) is 0 Å². The van der Waals surface area contributed by atoms with Gasteiger partial charge in [-0.3, -0.25) is 4.79 Å². The third kappa shape index (κ3) is 6.22. The van der Waals surface area contributed by atoms with Crippen LogP contribution < -0.4 is 5.32 Å². The van der Waals surface area contributed by atoms with Gasteiger partial charge in [0.1, 0.15) is 6.29 Å². The fourth-order valence-electron chi connectivity index (χ4n) is 3.40. The van der Waals surface area contributed by atoms with E-state index >= 15 is 0 Å². The summed E-state index contributed by atoms with van der Waals surface area (Å²) >= 11 is 0. The van der Waals surface area contributed by atoms with E-state index < -0.39 is 0 Å². The van der Waals surface area contributed by atoms with Crippen molar-refractivity contribution >= 4 is 12.0 Å². The van der Waals surface area contributed by atoms with Crippen molar-refractivity contribution in [2.45, 2.75) is 79.1 Å². The van der Waals surface area contributed by atoms with E-state index in [-0.39, 0.29) is 0 Å². The minimum absolute atomic E-state index is 0.411. The molecule has 0 radical (unpaired) electrons. The quantitative estimate of drug-likeness (QED) is 0.519. The molecule has 0 saturated heterocycles. The molecule has 0 amide bonds. The summed E-state index contributed by atoms with van der Waals surface area (Å²) in [6.45, 7) is 17.5. The van der Waals surface area contributed by atoms with E-state index in [4.69, 9.17) is 0 Å². The average molecular weight is 382 g/mol. The van der Waals surface area contributed by atoms with E-state index in [0.29, 0.717) is 23.7 Å². The summed E-state index contributed by atoms with van der Waals surface area (Å²) < 4.78 is 0. The summed E-state index contributed by atoms with van der Waals surface area (Å²) in [4.78, 5) is 10.8. The molecule has 2 heteroatoms. The molecule has 0 spiro atoms. The summed E-state index contributed by atoms with van der Waals surface area (Å²) in [5, 5.41) is 3.33. The number of para-hydroxylation sites is 1. The fraction of sp³-hybridized carbons (Fsp3) is 0.500. The van der Waals surface area contributed by atoms with Crippen LogP contribution in [0.3, 0.4) is 0 Å². The van der Waals surface area contributed by atoms with Crippen LogP contribution in [-0.2, 0) is 0 Å². The average Bonchev–Trinajstić information content (AvgIpc) is 2.66. The van der Waals surface area contributed by atoms with Crippen molar-refractivity contribution in [1.82, 2.24) is 0 Å². The lowest BCUT2D eigenvalue weighted by atomic mass is 9.92. The van der Waals surface area contributed by atoms with Crippen LogP contribution in [0.4, 0.5) is 5.69 Å². The Balaban J connectivity index is 0.000000280. The van der Waals surface area contributed by atoms with Crippen LogP contribution in [0.15, 0.2) is 36.4 Å². The number of anilines is 1. The molecule has 0 saturated carbocycles. The second-order valence-electron chi connectivity index (χ2n) is 8.69. The van der Waals surface area contributed by atoms with Crippen molar-refractivity contribution in [2.75, 3.05) is 12.4 Å². The van der Waals surface area contributed by atoms with E-state index in [1.807, 2.05) is 19.2 Å². The number of carbonyl (C=O) groups is 1. The van der Waals surface area contributed by atoms with Gasteiger partial charge in [-0.25, -0.2) is 0 Å². The second kappa shape index (κ2) is 11.0. The Kier molecular flexibility index (Phi) is 9.45. The Morgan fingerprint density at radius 3 is 1.57 bits per heavy atom. The van der Waals surface area contributed by atoms with Crippen LogP contribution in [0.2, 0.25) is 0 Å². The lowest BCUT2D eigenvalue weighted by Crippen LogP contribution is -2.03. The Morgan fingerprint density at radius 1 is 0.714 bits per heavy atom. The number of benzene rings is 2. The lowest BCUT2D eigenvalue weighted by Gasteiger charge is -2.18. The highest BCUT2D eigenvalue weighted by molar-refractivity contribution is 5.77. The molecule has 2 aromatic carbocycles. The zero-order chi connectivity index (χ0) is 21.4. The zero-order valence-electron chi connectivity index (χ0n) is 19.3. The predicted octanol–water partition coefficient (Wildman–Crippen LogP) is 7.72. The Bertz CT molecular complexity index is 731. The number of aldehydes is 1. The molecule has 0 aliphatic rings. The maximum atomic E-state index is 10.8. The minimum atomic E-state index is 0.411. The third-order valence-electron chi connectivity index (χ3n) is 5.15. The van der Waals surface area contributed by atoms with Crippen molar-refractivity contribution in [3.05, 3.63) is 64.2 Å². The second-order valence-corrected chi connectivity index (χ2v) is 8.69. The highest BCUT2D eigenvalue weighted by atomic mass is 16.1. The molecule has 28 heavy (non-hydrogen) atoms. The van der Waals surface area contributed by atoms with Gasteiger partial charge in [0, 0.05) is 18.3 Å². The molecule has 2 nitrogen and oxygen atoms in total. The van der Waals surface area contributed by atoms with E-state index in [1.165, 1.54) is 22.4 Å². The molecule has 1 N–H and O–H groups in total. The lowest BCUT2D eigenvalue weighted by molar-refractivity contribution is 0.112. The van der Waals surface area contributed by atoms with Crippen molar-refractivity contribution in [1.29, 1.82) is 0 Å². The molecule has 0 aliphatic heterocycles. The van der Waals surface area contributed by atoms with Crippen LogP contribution >= 0.6 is 0 Å². The number of hydrogen-bond donors (Lipinski definition) is 1. The first-order valence-electron chi connectivity index (χ1n) is 10.5. The maximum Gasteiger partial charge on any atom is 0.150 e. The third-order valence-corrected chi connectivity index (χ3v) is 5.15. The molecular weight excluding hydrogens is 342 g/mol. The highest BCUT2D eigenvalue weighted by Gasteiger charge is 2.11. The number of carbonyl (C=O) groups excluding carboxylic acids is 1. The minimum Gasteiger partial charge on any atom is -0.388 e. The largest absolute Gasteiger partial charge is 0.388 e. The SMILES string of the molecule is CC(C)c1ccc(C=O)c(C(C)C)c1.CNc1c(C(C)C)cccc1C(C)C. The first-order valence-corrected chi connectivity index (χ1v) is 10.5. The smallest absolute Gasteiger partial charge is 0.150 e. The highest BCUT2D eigenvalue weighted by Crippen LogP contribution is 2.31. The van der Waals surface area contributed by atoms with Crippen LogP contribution in [-0.4, -0.2) is 13.3 Å². The normalized spacial score (nSPS) is 11.0. The molecule has 0 heterocycles. The topological polar surface area (TPSA) is 29.1 Å². The van der Waals surface area contributed by atoms with Gasteiger partial charge in [0.05, 0.1) is 0 Å². The first kappa shape index (κ1) is 23.9. The Hall–Kier alpha value is -2.09. The molecular formula is C26H39NO. The van der Waals surface area contributed by atoms with Crippen molar-refractivity contribution < 1.29 is 4.79 Å². The molecule has 0 aromatic heterocycles. The maximum absolute atomic E-state index is 10.8. The van der Waals surface area contributed by atoms with Gasteiger partial charge in [-0.2, -0.15) is 0 Å². The number of nitrogens with one attached hydrogen (secondary N) is 1. The zero-order valence-corrected chi connectivity index (χ0v) is 19.3. The van der Waals surface area contributed by atoms with Crippen LogP contribution in [0, 0.1) is 0 Å². The van der Waals surface area contributed by atoms with Gasteiger partial charge in [-0.1, -0.05) is 91.8 Å². The molecule has 0 aliphatic carbocycles. The van der Waals surface area contributed by atoms with Crippen molar-refractivity contribution in [3.63, 3.8) is 0 Å². The van der Waals surface area contributed by atoms with E-state index in [2.05, 4.69) is 85.0 Å². The van der Waals surface area contributed by atoms with Gasteiger partial charge in [0.15, 0.2) is 0 Å². The molecule has 0 unspecified atom stereocenters. The summed E-state index contributed by atoms with van der Waals surface area (Å²) in [6.07, 6.45) is 0.944. The first-order chi connectivity index (χ1) is 13.1. The summed E-state index contributed by atoms with van der Waals surface area (Å²) in [5.74, 6) is 2.09. The van der Waals surface area contributed by atoms with E-state index in [9.17, 15) is 4.79 Å². The van der Waals surface area contributed by atoms with Crippen molar-refractivity contribution in [3.8, 4) is 0 Å². The predicted molar refractivity (Wildman–Crippen MR) is 124 cm³/mol. The summed E-state index contributed by atoms with van der Waals surface area (Å²) in [6, 6.07) is 12.7. The Labute approximate surface area is 172 Å². The van der Waals surface area contributed by atoms with Crippen molar-refractivity contribution in [2.24, 2.45) is 0 Å². The Morgan fingerprint density at radius 2 is 1.21 bits per heavy atom.